The molecule has 6 rings (SSSR count). The molecule has 0 fully saturated rings. The van der Waals surface area contributed by atoms with Crippen molar-refractivity contribution in [1.82, 2.24) is 9.97 Å². The van der Waals surface area contributed by atoms with Gasteiger partial charge < -0.3 is 14.5 Å². The molecule has 0 aliphatic heterocycles. The number of imidazole rings is 1. The number of rotatable bonds is 1. The first-order valence-electron chi connectivity index (χ1n) is 9.25. The number of nitrogens with zero attached hydrogens (tertiary/aromatic N) is 1. The van der Waals surface area contributed by atoms with Crippen LogP contribution in [0.2, 0.25) is 0 Å². The molecule has 2 N–H and O–H groups in total. The van der Waals surface area contributed by atoms with Crippen molar-refractivity contribution < 1.29 is 9.52 Å². The molecule has 5 nitrogen and oxygen atoms in total. The molecule has 0 bridgehead atoms. The second-order valence-electron chi connectivity index (χ2n) is 7.06. The van der Waals surface area contributed by atoms with Crippen molar-refractivity contribution >= 4 is 43.5 Å². The number of phenolic OH excluding ortho intramolecular Hbond substituents is 1. The van der Waals surface area contributed by atoms with Crippen molar-refractivity contribution in [3.63, 3.8) is 0 Å². The summed E-state index contributed by atoms with van der Waals surface area (Å²) in [5.41, 5.74) is 2.20. The highest BCUT2D eigenvalue weighted by Gasteiger charge is 2.17. The van der Waals surface area contributed by atoms with Gasteiger partial charge in [-0.1, -0.05) is 48.5 Å². The summed E-state index contributed by atoms with van der Waals surface area (Å²) in [6, 6.07) is 20.8. The molecule has 0 unspecified atom stereocenters. The number of aromatic amines is 1. The molecule has 0 radical (unpaired) electrons. The Balaban J connectivity index is 1.72. The highest BCUT2D eigenvalue weighted by molar-refractivity contribution is 6.23. The van der Waals surface area contributed by atoms with Gasteiger partial charge in [0.1, 0.15) is 29.0 Å². The predicted octanol–water partition coefficient (Wildman–Crippen LogP) is 5.35. The molecule has 0 saturated carbocycles. The van der Waals surface area contributed by atoms with Gasteiger partial charge >= 0.3 is 0 Å². The van der Waals surface area contributed by atoms with E-state index in [1.807, 2.05) is 30.3 Å². The highest BCUT2D eigenvalue weighted by Crippen LogP contribution is 2.35. The monoisotopic (exact) mass is 378 g/mol. The van der Waals surface area contributed by atoms with Crippen LogP contribution in [-0.2, 0) is 0 Å². The van der Waals surface area contributed by atoms with Crippen LogP contribution < -0.4 is 5.43 Å². The maximum Gasteiger partial charge on any atom is 0.203 e. The normalized spacial score (nSPS) is 11.7. The lowest BCUT2D eigenvalue weighted by Crippen LogP contribution is -2.05. The van der Waals surface area contributed by atoms with E-state index in [2.05, 4.69) is 23.2 Å². The molecule has 5 heteroatoms. The summed E-state index contributed by atoms with van der Waals surface area (Å²) in [7, 11) is 0. The summed E-state index contributed by atoms with van der Waals surface area (Å²) < 4.78 is 5.61. The minimum Gasteiger partial charge on any atom is -0.508 e. The average Bonchev–Trinajstić information content (AvgIpc) is 3.20. The van der Waals surface area contributed by atoms with Gasteiger partial charge in [-0.2, -0.15) is 0 Å². The molecule has 6 aromatic rings. The van der Waals surface area contributed by atoms with Crippen LogP contribution in [0.1, 0.15) is 0 Å². The van der Waals surface area contributed by atoms with Crippen molar-refractivity contribution in [2.45, 2.75) is 0 Å². The Morgan fingerprint density at radius 1 is 0.828 bits per heavy atom. The van der Waals surface area contributed by atoms with Crippen molar-refractivity contribution in [3.05, 3.63) is 83.2 Å². The molecule has 0 amide bonds. The van der Waals surface area contributed by atoms with Crippen LogP contribution in [-0.4, -0.2) is 15.1 Å². The molecular weight excluding hydrogens is 364 g/mol. The molecule has 138 valence electrons. The molecule has 0 aliphatic rings. The zero-order chi connectivity index (χ0) is 19.5. The Labute approximate surface area is 163 Å². The fourth-order valence-electron chi connectivity index (χ4n) is 4.03. The lowest BCUT2D eigenvalue weighted by molar-refractivity contribution is 0.474. The van der Waals surface area contributed by atoms with E-state index in [1.165, 1.54) is 18.4 Å². The first-order valence-corrected chi connectivity index (χ1v) is 9.25. The topological polar surface area (TPSA) is 79.1 Å². The van der Waals surface area contributed by atoms with E-state index >= 15 is 0 Å². The number of hydrogen-bond acceptors (Lipinski definition) is 4. The van der Waals surface area contributed by atoms with Crippen molar-refractivity contribution in [3.8, 4) is 17.1 Å². The molecule has 2 aromatic heterocycles. The van der Waals surface area contributed by atoms with Gasteiger partial charge in [0.15, 0.2) is 0 Å². The van der Waals surface area contributed by atoms with Gasteiger partial charge in [0.25, 0.3) is 0 Å². The number of benzene rings is 4. The Morgan fingerprint density at radius 2 is 1.52 bits per heavy atom. The van der Waals surface area contributed by atoms with Crippen LogP contribution >= 0.6 is 0 Å². The largest absolute Gasteiger partial charge is 0.508 e. The third-order valence-electron chi connectivity index (χ3n) is 5.39. The number of fused-ring (bicyclic) bond motifs is 7. The minimum absolute atomic E-state index is 0.0510. The number of H-pyrrole nitrogens is 1. The second-order valence-corrected chi connectivity index (χ2v) is 7.06. The Bertz CT molecular complexity index is 1570. The van der Waals surface area contributed by atoms with Crippen LogP contribution in [0, 0.1) is 0 Å². The van der Waals surface area contributed by atoms with Gasteiger partial charge in [-0.3, -0.25) is 4.79 Å². The van der Waals surface area contributed by atoms with Gasteiger partial charge in [-0.05, 0) is 22.9 Å². The molecule has 29 heavy (non-hydrogen) atoms. The first-order chi connectivity index (χ1) is 14.2. The summed E-state index contributed by atoms with van der Waals surface area (Å²) >= 11 is 0. The van der Waals surface area contributed by atoms with E-state index in [0.717, 1.165) is 32.6 Å². The van der Waals surface area contributed by atoms with E-state index in [-0.39, 0.29) is 11.2 Å². The van der Waals surface area contributed by atoms with E-state index in [0.29, 0.717) is 22.4 Å². The maximum absolute atomic E-state index is 13.0. The number of nitrogens with one attached hydrogen (secondary N) is 1. The predicted molar refractivity (Wildman–Crippen MR) is 114 cm³/mol. The Hall–Kier alpha value is -4.12. The molecule has 0 atom stereocenters. The van der Waals surface area contributed by atoms with Crippen LogP contribution in [0.4, 0.5) is 0 Å². The smallest absolute Gasteiger partial charge is 0.203 e. The summed E-state index contributed by atoms with van der Waals surface area (Å²) in [4.78, 5) is 21.2. The van der Waals surface area contributed by atoms with Crippen molar-refractivity contribution in [1.29, 1.82) is 0 Å². The van der Waals surface area contributed by atoms with Crippen LogP contribution in [0.3, 0.4) is 0 Å². The third kappa shape index (κ3) is 2.21. The standard InChI is InChI=1S/C24H14N2O3/c27-13-9-10-18-20(11-13)29-12-19(23(18)28)24-25-21-16-7-3-1-5-14(16)15-6-2-4-8-17(15)22(21)26-24/h1-12,27H,(H,25,26). The highest BCUT2D eigenvalue weighted by atomic mass is 16.3. The maximum atomic E-state index is 13.0. The quantitative estimate of drug-likeness (QED) is 0.378. The fraction of sp³-hybridized carbons (Fsp3) is 0. The SMILES string of the molecule is O=c1c(-c2nc3c4ccccc4c4ccccc4c3[nH]2)coc2cc(O)ccc12. The number of phenols is 1. The van der Waals surface area contributed by atoms with Crippen LogP contribution in [0.25, 0.3) is 54.9 Å². The lowest BCUT2D eigenvalue weighted by atomic mass is 10.0. The Morgan fingerprint density at radius 3 is 2.31 bits per heavy atom. The first kappa shape index (κ1) is 15.9. The van der Waals surface area contributed by atoms with Gasteiger partial charge in [-0.25, -0.2) is 4.98 Å². The summed E-state index contributed by atoms with van der Waals surface area (Å²) in [6.45, 7) is 0. The second kappa shape index (κ2) is 5.69. The van der Waals surface area contributed by atoms with Crippen molar-refractivity contribution in [2.75, 3.05) is 0 Å². The summed E-state index contributed by atoms with van der Waals surface area (Å²) in [5.74, 6) is 0.514. The molecule has 4 aromatic carbocycles. The van der Waals surface area contributed by atoms with E-state index in [4.69, 9.17) is 9.40 Å². The fourth-order valence-corrected chi connectivity index (χ4v) is 4.03. The van der Waals surface area contributed by atoms with Crippen molar-refractivity contribution in [2.24, 2.45) is 0 Å². The molecule has 0 spiro atoms. The average molecular weight is 378 g/mol. The van der Waals surface area contributed by atoms with E-state index < -0.39 is 0 Å². The summed E-state index contributed by atoms with van der Waals surface area (Å²) in [5, 5.41) is 14.4. The lowest BCUT2D eigenvalue weighted by Gasteiger charge is -2.05. The summed E-state index contributed by atoms with van der Waals surface area (Å²) in [6.07, 6.45) is 1.40. The number of aromatic nitrogens is 2. The number of hydrogen-bond donors (Lipinski definition) is 2. The molecule has 0 saturated heterocycles. The number of aromatic hydroxyl groups is 1. The molecule has 0 aliphatic carbocycles. The zero-order valence-corrected chi connectivity index (χ0v) is 15.1. The van der Waals surface area contributed by atoms with Gasteiger partial charge in [-0.15, -0.1) is 0 Å². The zero-order valence-electron chi connectivity index (χ0n) is 15.1. The van der Waals surface area contributed by atoms with Gasteiger partial charge in [0.2, 0.25) is 5.43 Å². The van der Waals surface area contributed by atoms with E-state index in [9.17, 15) is 9.90 Å². The Kier molecular flexibility index (Phi) is 3.12. The molecule has 2 heterocycles. The molecular formula is C24H14N2O3. The third-order valence-corrected chi connectivity index (χ3v) is 5.39. The van der Waals surface area contributed by atoms with E-state index in [1.54, 1.807) is 6.07 Å². The van der Waals surface area contributed by atoms with Crippen LogP contribution in [0.15, 0.2) is 82.2 Å². The minimum atomic E-state index is -0.195. The van der Waals surface area contributed by atoms with Gasteiger partial charge in [0, 0.05) is 16.8 Å². The van der Waals surface area contributed by atoms with Crippen LogP contribution in [0.5, 0.6) is 5.75 Å². The van der Waals surface area contributed by atoms with Gasteiger partial charge in [0.05, 0.1) is 16.4 Å².